The Labute approximate surface area is 152 Å². The summed E-state index contributed by atoms with van der Waals surface area (Å²) in [6.45, 7) is 3.30. The van der Waals surface area contributed by atoms with Crippen molar-refractivity contribution in [1.29, 1.82) is 0 Å². The summed E-state index contributed by atoms with van der Waals surface area (Å²) in [5.74, 6) is 0. The van der Waals surface area contributed by atoms with Gasteiger partial charge in [-0.15, -0.1) is 0 Å². The Hall–Kier alpha value is -2.52. The molecule has 0 amide bonds. The van der Waals surface area contributed by atoms with Gasteiger partial charge in [-0.3, -0.25) is 4.79 Å². The Balaban J connectivity index is 1.67. The van der Waals surface area contributed by atoms with Crippen LogP contribution in [0.3, 0.4) is 0 Å². The molecule has 3 aromatic rings. The Kier molecular flexibility index (Phi) is 5.56. The number of anilines is 1. The normalized spacial score (nSPS) is 10.6. The number of aryl methyl sites for hydroxylation is 1. The molecule has 4 heteroatoms. The predicted molar refractivity (Wildman–Crippen MR) is 105 cm³/mol. The fraction of sp³-hybridized carbons (Fsp3) is 0.190. The van der Waals surface area contributed by atoms with E-state index >= 15 is 0 Å². The Morgan fingerprint density at radius 3 is 2.36 bits per heavy atom. The lowest BCUT2D eigenvalue weighted by molar-refractivity contribution is 0.730. The minimum atomic E-state index is -0.00263. The van der Waals surface area contributed by atoms with Crippen molar-refractivity contribution in [2.75, 3.05) is 11.9 Å². The first-order chi connectivity index (χ1) is 12.1. The maximum atomic E-state index is 12.5. The molecule has 0 aliphatic heterocycles. The highest BCUT2D eigenvalue weighted by atomic mass is 35.5. The number of rotatable bonds is 6. The van der Waals surface area contributed by atoms with Gasteiger partial charge < -0.3 is 9.88 Å². The van der Waals surface area contributed by atoms with Crippen LogP contribution in [0.25, 0.3) is 0 Å². The molecule has 3 rings (SSSR count). The molecule has 0 aliphatic carbocycles. The number of pyridine rings is 1. The van der Waals surface area contributed by atoms with Gasteiger partial charge in [0.25, 0.3) is 5.56 Å². The molecule has 25 heavy (non-hydrogen) atoms. The van der Waals surface area contributed by atoms with Gasteiger partial charge in [0.05, 0.1) is 6.54 Å². The molecule has 1 heterocycles. The molecule has 3 nitrogen and oxygen atoms in total. The third kappa shape index (κ3) is 4.74. The Morgan fingerprint density at radius 1 is 0.960 bits per heavy atom. The minimum Gasteiger partial charge on any atom is -0.385 e. The molecule has 1 aromatic heterocycles. The third-order valence-corrected chi connectivity index (χ3v) is 4.43. The van der Waals surface area contributed by atoms with E-state index in [1.54, 1.807) is 10.6 Å². The van der Waals surface area contributed by atoms with E-state index in [1.165, 1.54) is 5.56 Å². The molecule has 128 valence electrons. The lowest BCUT2D eigenvalue weighted by Crippen LogP contribution is -2.23. The quantitative estimate of drug-likeness (QED) is 0.708. The van der Waals surface area contributed by atoms with Crippen molar-refractivity contribution in [2.24, 2.45) is 0 Å². The largest absolute Gasteiger partial charge is 0.385 e. The minimum absolute atomic E-state index is 0.00263. The van der Waals surface area contributed by atoms with Crippen LogP contribution in [0.1, 0.15) is 16.8 Å². The van der Waals surface area contributed by atoms with Crippen molar-refractivity contribution in [3.63, 3.8) is 0 Å². The van der Waals surface area contributed by atoms with Gasteiger partial charge in [0.2, 0.25) is 0 Å². The Morgan fingerprint density at radius 2 is 1.68 bits per heavy atom. The van der Waals surface area contributed by atoms with Gasteiger partial charge in [-0.1, -0.05) is 54.1 Å². The number of nitrogens with one attached hydrogen (secondary N) is 1. The second-order valence-electron chi connectivity index (χ2n) is 6.10. The van der Waals surface area contributed by atoms with Crippen LogP contribution in [0, 0.1) is 6.92 Å². The first kappa shape index (κ1) is 17.3. The number of aromatic nitrogens is 1. The molecule has 0 unspecified atom stereocenters. The lowest BCUT2D eigenvalue weighted by atomic mass is 10.1. The van der Waals surface area contributed by atoms with Gasteiger partial charge in [0.1, 0.15) is 0 Å². The van der Waals surface area contributed by atoms with Gasteiger partial charge in [-0.25, -0.2) is 0 Å². The van der Waals surface area contributed by atoms with E-state index in [0.29, 0.717) is 11.6 Å². The summed E-state index contributed by atoms with van der Waals surface area (Å²) >= 11 is 5.91. The molecular weight excluding hydrogens is 332 g/mol. The molecule has 0 saturated carbocycles. The van der Waals surface area contributed by atoms with Crippen molar-refractivity contribution < 1.29 is 0 Å². The fourth-order valence-electron chi connectivity index (χ4n) is 2.80. The van der Waals surface area contributed by atoms with Crippen LogP contribution in [0.4, 0.5) is 5.69 Å². The third-order valence-electron chi connectivity index (χ3n) is 4.17. The molecular formula is C21H21ClN2O. The molecule has 0 radical (unpaired) electrons. The summed E-state index contributed by atoms with van der Waals surface area (Å²) in [5, 5.41) is 4.04. The molecule has 0 bridgehead atoms. The maximum absolute atomic E-state index is 12.5. The first-order valence-electron chi connectivity index (χ1n) is 8.35. The highest BCUT2D eigenvalue weighted by Crippen LogP contribution is 2.13. The summed E-state index contributed by atoms with van der Waals surface area (Å²) in [4.78, 5) is 12.5. The average molecular weight is 353 g/mol. The van der Waals surface area contributed by atoms with Crippen molar-refractivity contribution in [2.45, 2.75) is 19.9 Å². The molecule has 0 spiro atoms. The van der Waals surface area contributed by atoms with E-state index in [4.69, 9.17) is 11.6 Å². The van der Waals surface area contributed by atoms with E-state index in [0.717, 1.165) is 29.9 Å². The second-order valence-corrected chi connectivity index (χ2v) is 6.54. The van der Waals surface area contributed by atoms with Crippen LogP contribution < -0.4 is 10.9 Å². The topological polar surface area (TPSA) is 34.0 Å². The van der Waals surface area contributed by atoms with Crippen LogP contribution in [-0.4, -0.2) is 11.1 Å². The summed E-state index contributed by atoms with van der Waals surface area (Å²) in [7, 11) is 0. The highest BCUT2D eigenvalue weighted by molar-refractivity contribution is 6.30. The van der Waals surface area contributed by atoms with Crippen LogP contribution >= 0.6 is 11.6 Å². The van der Waals surface area contributed by atoms with E-state index < -0.39 is 0 Å². The van der Waals surface area contributed by atoms with Gasteiger partial charge >= 0.3 is 0 Å². The van der Waals surface area contributed by atoms with E-state index in [-0.39, 0.29) is 5.56 Å². The van der Waals surface area contributed by atoms with Gasteiger partial charge in [-0.2, -0.15) is 0 Å². The SMILES string of the molecule is Cc1cc(NCCc2ccccc2)cc(=O)n1Cc1ccc(Cl)cc1. The first-order valence-corrected chi connectivity index (χ1v) is 8.73. The smallest absolute Gasteiger partial charge is 0.253 e. The molecule has 0 atom stereocenters. The van der Waals surface area contributed by atoms with Crippen LogP contribution in [-0.2, 0) is 13.0 Å². The summed E-state index contributed by atoms with van der Waals surface area (Å²) in [6, 6.07) is 21.6. The molecule has 0 aliphatic rings. The zero-order valence-corrected chi connectivity index (χ0v) is 15.0. The van der Waals surface area contributed by atoms with E-state index in [2.05, 4.69) is 17.4 Å². The molecule has 2 aromatic carbocycles. The monoisotopic (exact) mass is 352 g/mol. The molecule has 0 saturated heterocycles. The van der Waals surface area contributed by atoms with Crippen molar-refractivity contribution in [3.8, 4) is 0 Å². The predicted octanol–water partition coefficient (Wildman–Crippen LogP) is 4.51. The zero-order valence-electron chi connectivity index (χ0n) is 14.2. The van der Waals surface area contributed by atoms with Crippen LogP contribution in [0.2, 0.25) is 5.02 Å². The van der Waals surface area contributed by atoms with E-state index in [1.807, 2.05) is 55.5 Å². The number of halogens is 1. The van der Waals surface area contributed by atoms with Gasteiger partial charge in [0, 0.05) is 29.0 Å². The number of nitrogens with zero attached hydrogens (tertiary/aromatic N) is 1. The number of hydrogen-bond acceptors (Lipinski definition) is 2. The lowest BCUT2D eigenvalue weighted by Gasteiger charge is -2.13. The summed E-state index contributed by atoms with van der Waals surface area (Å²) in [5.41, 5.74) is 4.13. The highest BCUT2D eigenvalue weighted by Gasteiger charge is 2.05. The number of hydrogen-bond donors (Lipinski definition) is 1. The van der Waals surface area contributed by atoms with Crippen molar-refractivity contribution in [3.05, 3.63) is 98.9 Å². The van der Waals surface area contributed by atoms with Crippen molar-refractivity contribution >= 4 is 17.3 Å². The summed E-state index contributed by atoms with van der Waals surface area (Å²) < 4.78 is 1.77. The number of benzene rings is 2. The van der Waals surface area contributed by atoms with Crippen molar-refractivity contribution in [1.82, 2.24) is 4.57 Å². The molecule has 0 fully saturated rings. The summed E-state index contributed by atoms with van der Waals surface area (Å²) in [6.07, 6.45) is 0.924. The fourth-order valence-corrected chi connectivity index (χ4v) is 2.93. The van der Waals surface area contributed by atoms with Gasteiger partial charge in [0.15, 0.2) is 0 Å². The standard InChI is InChI=1S/C21H21ClN2O/c1-16-13-20(23-12-11-17-5-3-2-4-6-17)14-21(25)24(16)15-18-7-9-19(22)10-8-18/h2-10,13-14,23H,11-12,15H2,1H3. The Bertz CT molecular complexity index is 886. The average Bonchev–Trinajstić information content (AvgIpc) is 2.61. The maximum Gasteiger partial charge on any atom is 0.253 e. The van der Waals surface area contributed by atoms with Crippen LogP contribution in [0.15, 0.2) is 71.5 Å². The zero-order chi connectivity index (χ0) is 17.6. The molecule has 1 N–H and O–H groups in total. The van der Waals surface area contributed by atoms with Gasteiger partial charge in [-0.05, 0) is 42.7 Å². The second kappa shape index (κ2) is 8.04. The van der Waals surface area contributed by atoms with E-state index in [9.17, 15) is 4.79 Å². The van der Waals surface area contributed by atoms with Crippen LogP contribution in [0.5, 0.6) is 0 Å².